The summed E-state index contributed by atoms with van der Waals surface area (Å²) in [5, 5.41) is 15.4. The Morgan fingerprint density at radius 1 is 1.23 bits per heavy atom. The van der Waals surface area contributed by atoms with Crippen molar-refractivity contribution in [3.8, 4) is 0 Å². The first-order chi connectivity index (χ1) is 12.6. The molecule has 2 aliphatic rings. The number of carbonyl (C=O) groups excluding carboxylic acids is 2. The smallest absolute Gasteiger partial charge is 0.223 e. The Balaban J connectivity index is 1.51. The van der Waals surface area contributed by atoms with Crippen molar-refractivity contribution >= 4 is 11.8 Å². The van der Waals surface area contributed by atoms with Gasteiger partial charge in [-0.1, -0.05) is 42.5 Å². The second-order valence-electron chi connectivity index (χ2n) is 6.99. The SMILES string of the molecule is C[C@H](NC(=O)C[C@H]1C=C[C@@H](NC(=O)C2CC2)[C@H](CO)O1)c1ccccc1. The van der Waals surface area contributed by atoms with Crippen LogP contribution in [0.3, 0.4) is 0 Å². The molecule has 1 heterocycles. The summed E-state index contributed by atoms with van der Waals surface area (Å²) in [6.07, 6.45) is 4.69. The van der Waals surface area contributed by atoms with E-state index in [9.17, 15) is 14.7 Å². The number of nitrogens with one attached hydrogen (secondary N) is 2. The Morgan fingerprint density at radius 3 is 2.62 bits per heavy atom. The number of aliphatic hydroxyl groups is 1. The second-order valence-corrected chi connectivity index (χ2v) is 6.99. The van der Waals surface area contributed by atoms with Gasteiger partial charge in [-0.05, 0) is 25.3 Å². The minimum atomic E-state index is -0.535. The summed E-state index contributed by atoms with van der Waals surface area (Å²) in [6.45, 7) is 1.73. The highest BCUT2D eigenvalue weighted by molar-refractivity contribution is 5.81. The largest absolute Gasteiger partial charge is 0.394 e. The standard InChI is InChI=1S/C20H26N2O4/c1-13(14-5-3-2-4-6-14)21-19(24)11-16-9-10-17(18(12-23)26-16)22-20(25)15-7-8-15/h2-6,9-10,13,15-18,23H,7-8,11-12H2,1H3,(H,21,24)(H,22,25)/t13-,16+,17+,18-/m0/s1. The van der Waals surface area contributed by atoms with Crippen molar-refractivity contribution in [3.05, 3.63) is 48.0 Å². The number of hydrogen-bond donors (Lipinski definition) is 3. The van der Waals surface area contributed by atoms with Crippen LogP contribution in [0.2, 0.25) is 0 Å². The topological polar surface area (TPSA) is 87.7 Å². The van der Waals surface area contributed by atoms with Gasteiger partial charge in [0.1, 0.15) is 6.10 Å². The molecule has 140 valence electrons. The van der Waals surface area contributed by atoms with Gasteiger partial charge in [-0.25, -0.2) is 0 Å². The zero-order valence-corrected chi connectivity index (χ0v) is 14.9. The number of aliphatic hydroxyl groups excluding tert-OH is 1. The number of carbonyl (C=O) groups is 2. The second kappa shape index (κ2) is 8.47. The van der Waals surface area contributed by atoms with Crippen molar-refractivity contribution in [2.24, 2.45) is 5.92 Å². The van der Waals surface area contributed by atoms with Crippen LogP contribution in [0.15, 0.2) is 42.5 Å². The van der Waals surface area contributed by atoms with Crippen molar-refractivity contribution in [3.63, 3.8) is 0 Å². The number of amides is 2. The fourth-order valence-electron chi connectivity index (χ4n) is 3.07. The van der Waals surface area contributed by atoms with Crippen molar-refractivity contribution in [2.75, 3.05) is 6.61 Å². The van der Waals surface area contributed by atoms with E-state index >= 15 is 0 Å². The van der Waals surface area contributed by atoms with Crippen LogP contribution in [0, 0.1) is 5.92 Å². The monoisotopic (exact) mass is 358 g/mol. The van der Waals surface area contributed by atoms with Gasteiger partial charge < -0.3 is 20.5 Å². The molecule has 1 aromatic carbocycles. The lowest BCUT2D eigenvalue weighted by Gasteiger charge is -2.32. The third kappa shape index (κ3) is 4.93. The normalized spacial score (nSPS) is 26.2. The van der Waals surface area contributed by atoms with Crippen LogP contribution >= 0.6 is 0 Å². The summed E-state index contributed by atoms with van der Waals surface area (Å²) in [6, 6.07) is 9.31. The number of rotatable bonds is 7. The number of hydrogen-bond acceptors (Lipinski definition) is 4. The molecule has 6 nitrogen and oxygen atoms in total. The molecule has 3 rings (SSSR count). The molecular formula is C20H26N2O4. The van der Waals surface area contributed by atoms with E-state index in [4.69, 9.17) is 4.74 Å². The lowest BCUT2D eigenvalue weighted by molar-refractivity contribution is -0.129. The fourth-order valence-corrected chi connectivity index (χ4v) is 3.07. The summed E-state index contributed by atoms with van der Waals surface area (Å²) in [7, 11) is 0. The van der Waals surface area contributed by atoms with Gasteiger partial charge in [0.15, 0.2) is 0 Å². The average Bonchev–Trinajstić information content (AvgIpc) is 3.48. The van der Waals surface area contributed by atoms with Crippen LogP contribution in [-0.4, -0.2) is 41.8 Å². The van der Waals surface area contributed by atoms with Crippen molar-refractivity contribution in [1.29, 1.82) is 0 Å². The van der Waals surface area contributed by atoms with Crippen LogP contribution in [0.4, 0.5) is 0 Å². The predicted octanol–water partition coefficient (Wildman–Crippen LogP) is 1.46. The zero-order valence-electron chi connectivity index (χ0n) is 14.9. The molecule has 0 unspecified atom stereocenters. The molecule has 26 heavy (non-hydrogen) atoms. The minimum absolute atomic E-state index is 0.00887. The summed E-state index contributed by atoms with van der Waals surface area (Å²) >= 11 is 0. The van der Waals surface area contributed by atoms with Crippen molar-refractivity contribution in [1.82, 2.24) is 10.6 Å². The maximum atomic E-state index is 12.3. The Bertz CT molecular complexity index is 657. The van der Waals surface area contributed by atoms with Gasteiger partial charge in [0, 0.05) is 5.92 Å². The van der Waals surface area contributed by atoms with Crippen LogP contribution in [-0.2, 0) is 14.3 Å². The molecule has 0 spiro atoms. The zero-order chi connectivity index (χ0) is 18.5. The highest BCUT2D eigenvalue weighted by Crippen LogP contribution is 2.29. The van der Waals surface area contributed by atoms with E-state index in [2.05, 4.69) is 10.6 Å². The molecule has 4 atom stereocenters. The van der Waals surface area contributed by atoms with Gasteiger partial charge in [-0.3, -0.25) is 9.59 Å². The first-order valence-corrected chi connectivity index (χ1v) is 9.16. The van der Waals surface area contributed by atoms with Crippen molar-refractivity contribution in [2.45, 2.75) is 50.5 Å². The molecule has 0 aromatic heterocycles. The van der Waals surface area contributed by atoms with Gasteiger partial charge in [-0.2, -0.15) is 0 Å². The molecule has 1 saturated carbocycles. The van der Waals surface area contributed by atoms with Crippen LogP contribution < -0.4 is 10.6 Å². The van der Waals surface area contributed by atoms with E-state index in [1.807, 2.05) is 43.3 Å². The maximum absolute atomic E-state index is 12.3. The number of benzene rings is 1. The van der Waals surface area contributed by atoms with Gasteiger partial charge in [0.05, 0.1) is 31.2 Å². The molecule has 1 aromatic rings. The Labute approximate surface area is 153 Å². The van der Waals surface area contributed by atoms with E-state index in [0.717, 1.165) is 18.4 Å². The van der Waals surface area contributed by atoms with Crippen molar-refractivity contribution < 1.29 is 19.4 Å². The molecule has 6 heteroatoms. The summed E-state index contributed by atoms with van der Waals surface area (Å²) in [5.41, 5.74) is 1.04. The summed E-state index contributed by atoms with van der Waals surface area (Å²) in [4.78, 5) is 24.2. The third-order valence-electron chi connectivity index (χ3n) is 4.78. The van der Waals surface area contributed by atoms with E-state index in [1.54, 1.807) is 6.08 Å². The van der Waals surface area contributed by atoms with Gasteiger partial charge >= 0.3 is 0 Å². The Kier molecular flexibility index (Phi) is 6.06. The number of ether oxygens (including phenoxy) is 1. The van der Waals surface area contributed by atoms with E-state index in [0.29, 0.717) is 0 Å². The Hall–Kier alpha value is -2.18. The van der Waals surface area contributed by atoms with Crippen LogP contribution in [0.5, 0.6) is 0 Å². The van der Waals surface area contributed by atoms with E-state index in [1.165, 1.54) is 0 Å². The van der Waals surface area contributed by atoms with E-state index in [-0.39, 0.29) is 42.8 Å². The molecule has 0 saturated heterocycles. The minimum Gasteiger partial charge on any atom is -0.394 e. The lowest BCUT2D eigenvalue weighted by Crippen LogP contribution is -2.49. The maximum Gasteiger partial charge on any atom is 0.223 e. The molecule has 1 aliphatic heterocycles. The first kappa shape index (κ1) is 18.6. The summed E-state index contributed by atoms with van der Waals surface area (Å²) < 4.78 is 5.79. The fraction of sp³-hybridized carbons (Fsp3) is 0.500. The molecule has 1 fully saturated rings. The lowest BCUT2D eigenvalue weighted by atomic mass is 10.0. The summed E-state index contributed by atoms with van der Waals surface area (Å²) in [5.74, 6) is -0.00606. The average molecular weight is 358 g/mol. The highest BCUT2D eigenvalue weighted by Gasteiger charge is 2.34. The van der Waals surface area contributed by atoms with Crippen LogP contribution in [0.25, 0.3) is 0 Å². The van der Waals surface area contributed by atoms with Gasteiger partial charge in [0.25, 0.3) is 0 Å². The quantitative estimate of drug-likeness (QED) is 0.644. The molecule has 2 amide bonds. The first-order valence-electron chi connectivity index (χ1n) is 9.16. The predicted molar refractivity (Wildman–Crippen MR) is 97.2 cm³/mol. The Morgan fingerprint density at radius 2 is 1.96 bits per heavy atom. The molecule has 1 aliphatic carbocycles. The molecule has 3 N–H and O–H groups in total. The molecule has 0 radical (unpaired) electrons. The van der Waals surface area contributed by atoms with E-state index < -0.39 is 12.2 Å². The third-order valence-corrected chi connectivity index (χ3v) is 4.78. The van der Waals surface area contributed by atoms with Crippen LogP contribution in [0.1, 0.15) is 37.8 Å². The van der Waals surface area contributed by atoms with Gasteiger partial charge in [0.2, 0.25) is 11.8 Å². The highest BCUT2D eigenvalue weighted by atomic mass is 16.5. The molecular weight excluding hydrogens is 332 g/mol. The van der Waals surface area contributed by atoms with Gasteiger partial charge in [-0.15, -0.1) is 0 Å². The molecule has 0 bridgehead atoms.